The van der Waals surface area contributed by atoms with Crippen LogP contribution in [-0.2, 0) is 17.8 Å². The number of hydrogen-bond acceptors (Lipinski definition) is 7. The Labute approximate surface area is 191 Å². The van der Waals surface area contributed by atoms with E-state index >= 15 is 0 Å². The topological polar surface area (TPSA) is 74.4 Å². The lowest BCUT2D eigenvalue weighted by atomic mass is 10.1. The molecular formula is C24H27N5O2S. The normalized spacial score (nSPS) is 20.0. The number of nitriles is 1. The maximum atomic E-state index is 13.4. The maximum absolute atomic E-state index is 13.4. The minimum Gasteiger partial charge on any atom is -0.377 e. The molecule has 7 nitrogen and oxygen atoms in total. The van der Waals surface area contributed by atoms with Gasteiger partial charge in [0, 0.05) is 50.3 Å². The van der Waals surface area contributed by atoms with Gasteiger partial charge in [0.05, 0.1) is 24.1 Å². The van der Waals surface area contributed by atoms with Crippen LogP contribution < -0.4 is 5.56 Å². The van der Waals surface area contributed by atoms with E-state index < -0.39 is 0 Å². The molecule has 166 valence electrons. The molecule has 8 heteroatoms. The average molecular weight is 450 g/mol. The molecule has 0 saturated carbocycles. The molecule has 2 aromatic heterocycles. The van der Waals surface area contributed by atoms with E-state index in [0.717, 1.165) is 61.7 Å². The Balaban J connectivity index is 1.37. The standard InChI is InChI=1S/C24H27N5O2S/c25-8-9-29-21(16-28-12-10-27(11-13-28)15-19-7-4-14-31-19)26-23-22(24(29)30)20(17-32-23)18-5-2-1-3-6-18/h1-3,5-6,17,19H,4,7,9-16H2/t19-/m1/s1. The zero-order chi connectivity index (χ0) is 21.9. The third-order valence-corrected chi connectivity index (χ3v) is 7.27. The van der Waals surface area contributed by atoms with Crippen molar-refractivity contribution in [2.45, 2.75) is 32.0 Å². The number of thiophene rings is 1. The zero-order valence-electron chi connectivity index (χ0n) is 18.1. The quantitative estimate of drug-likeness (QED) is 0.576. The van der Waals surface area contributed by atoms with Crippen LogP contribution in [0.3, 0.4) is 0 Å². The van der Waals surface area contributed by atoms with E-state index in [0.29, 0.717) is 23.9 Å². The highest BCUT2D eigenvalue weighted by Gasteiger charge is 2.24. The summed E-state index contributed by atoms with van der Waals surface area (Å²) in [6, 6.07) is 12.0. The molecule has 2 saturated heterocycles. The molecular weight excluding hydrogens is 422 g/mol. The number of ether oxygens (including phenoxy) is 1. The fourth-order valence-electron chi connectivity index (χ4n) is 4.66. The predicted molar refractivity (Wildman–Crippen MR) is 126 cm³/mol. The molecule has 4 heterocycles. The summed E-state index contributed by atoms with van der Waals surface area (Å²) in [6.45, 7) is 6.32. The van der Waals surface area contributed by atoms with Crippen molar-refractivity contribution in [3.05, 3.63) is 51.9 Å². The van der Waals surface area contributed by atoms with E-state index in [2.05, 4.69) is 15.9 Å². The summed E-state index contributed by atoms with van der Waals surface area (Å²) in [7, 11) is 0. The number of piperazine rings is 1. The molecule has 0 spiro atoms. The number of hydrogen-bond donors (Lipinski definition) is 0. The van der Waals surface area contributed by atoms with Gasteiger partial charge in [-0.1, -0.05) is 30.3 Å². The van der Waals surface area contributed by atoms with Gasteiger partial charge >= 0.3 is 0 Å². The van der Waals surface area contributed by atoms with Crippen LogP contribution in [0.5, 0.6) is 0 Å². The van der Waals surface area contributed by atoms with Gasteiger partial charge in [-0.25, -0.2) is 4.98 Å². The number of rotatable bonds is 6. The lowest BCUT2D eigenvalue weighted by Crippen LogP contribution is -2.48. The van der Waals surface area contributed by atoms with Crippen molar-refractivity contribution in [2.24, 2.45) is 0 Å². The molecule has 0 unspecified atom stereocenters. The van der Waals surface area contributed by atoms with Crippen LogP contribution >= 0.6 is 11.3 Å². The van der Waals surface area contributed by atoms with Gasteiger partial charge in [-0.15, -0.1) is 11.3 Å². The molecule has 0 amide bonds. The molecule has 1 aromatic carbocycles. The largest absolute Gasteiger partial charge is 0.377 e. The maximum Gasteiger partial charge on any atom is 0.263 e. The Hall–Kier alpha value is -2.57. The van der Waals surface area contributed by atoms with Gasteiger partial charge in [0.2, 0.25) is 0 Å². The lowest BCUT2D eigenvalue weighted by Gasteiger charge is -2.35. The Morgan fingerprint density at radius 3 is 2.66 bits per heavy atom. The second kappa shape index (κ2) is 9.51. The molecule has 1 atom stereocenters. The van der Waals surface area contributed by atoms with Crippen molar-refractivity contribution in [2.75, 3.05) is 39.3 Å². The second-order valence-electron chi connectivity index (χ2n) is 8.48. The van der Waals surface area contributed by atoms with Gasteiger partial charge in [0.15, 0.2) is 0 Å². The van der Waals surface area contributed by atoms with Crippen LogP contribution in [0.4, 0.5) is 0 Å². The van der Waals surface area contributed by atoms with Crippen LogP contribution in [0.25, 0.3) is 21.3 Å². The van der Waals surface area contributed by atoms with Crippen molar-refractivity contribution < 1.29 is 4.74 Å². The Morgan fingerprint density at radius 1 is 1.16 bits per heavy atom. The Kier molecular flexibility index (Phi) is 6.32. The van der Waals surface area contributed by atoms with Gasteiger partial charge in [-0.2, -0.15) is 5.26 Å². The van der Waals surface area contributed by atoms with Crippen molar-refractivity contribution in [3.8, 4) is 17.2 Å². The summed E-state index contributed by atoms with van der Waals surface area (Å²) >= 11 is 1.50. The first-order valence-electron chi connectivity index (χ1n) is 11.2. The SMILES string of the molecule is N#CCn1c(CN2CCN(C[C@H]3CCCO3)CC2)nc2scc(-c3ccccc3)c2c1=O. The predicted octanol–water partition coefficient (Wildman–Crippen LogP) is 2.95. The zero-order valence-corrected chi connectivity index (χ0v) is 18.9. The van der Waals surface area contributed by atoms with E-state index in [9.17, 15) is 10.1 Å². The van der Waals surface area contributed by atoms with Crippen LogP contribution in [0.2, 0.25) is 0 Å². The molecule has 2 fully saturated rings. The van der Waals surface area contributed by atoms with Crippen LogP contribution in [0.15, 0.2) is 40.5 Å². The summed E-state index contributed by atoms with van der Waals surface area (Å²) in [6.07, 6.45) is 2.71. The third kappa shape index (κ3) is 4.34. The van der Waals surface area contributed by atoms with Crippen molar-refractivity contribution in [3.63, 3.8) is 0 Å². The van der Waals surface area contributed by atoms with E-state index in [1.54, 1.807) is 4.57 Å². The van der Waals surface area contributed by atoms with Crippen molar-refractivity contribution in [1.29, 1.82) is 5.26 Å². The van der Waals surface area contributed by atoms with Crippen LogP contribution in [0.1, 0.15) is 18.7 Å². The fraction of sp³-hybridized carbons (Fsp3) is 0.458. The molecule has 3 aromatic rings. The molecule has 0 radical (unpaired) electrons. The first-order chi connectivity index (χ1) is 15.7. The summed E-state index contributed by atoms with van der Waals surface area (Å²) in [5, 5.41) is 12.0. The minimum atomic E-state index is -0.122. The van der Waals surface area contributed by atoms with Gasteiger partial charge in [-0.3, -0.25) is 19.2 Å². The first kappa shape index (κ1) is 21.3. The third-order valence-electron chi connectivity index (χ3n) is 6.40. The van der Waals surface area contributed by atoms with Crippen molar-refractivity contribution >= 4 is 21.6 Å². The highest BCUT2D eigenvalue weighted by Crippen LogP contribution is 2.31. The smallest absolute Gasteiger partial charge is 0.263 e. The molecule has 32 heavy (non-hydrogen) atoms. The highest BCUT2D eigenvalue weighted by atomic mass is 32.1. The number of fused-ring (bicyclic) bond motifs is 1. The van der Waals surface area contributed by atoms with Gasteiger partial charge < -0.3 is 4.74 Å². The van der Waals surface area contributed by atoms with E-state index in [1.165, 1.54) is 17.8 Å². The molecule has 0 bridgehead atoms. The second-order valence-corrected chi connectivity index (χ2v) is 9.34. The molecule has 0 N–H and O–H groups in total. The average Bonchev–Trinajstić information content (AvgIpc) is 3.48. The lowest BCUT2D eigenvalue weighted by molar-refractivity contribution is 0.0482. The highest BCUT2D eigenvalue weighted by molar-refractivity contribution is 7.17. The Bertz CT molecular complexity index is 1170. The summed E-state index contributed by atoms with van der Waals surface area (Å²) in [4.78, 5) is 23.8. The fourth-order valence-corrected chi connectivity index (χ4v) is 5.61. The number of benzene rings is 1. The van der Waals surface area contributed by atoms with Gasteiger partial charge in [0.1, 0.15) is 17.2 Å². The van der Waals surface area contributed by atoms with Crippen LogP contribution in [0, 0.1) is 11.3 Å². The van der Waals surface area contributed by atoms with E-state index in [-0.39, 0.29) is 12.1 Å². The van der Waals surface area contributed by atoms with Gasteiger partial charge in [0.25, 0.3) is 5.56 Å². The van der Waals surface area contributed by atoms with Gasteiger partial charge in [-0.05, 0) is 18.4 Å². The van der Waals surface area contributed by atoms with Crippen molar-refractivity contribution in [1.82, 2.24) is 19.4 Å². The Morgan fingerprint density at radius 2 is 1.94 bits per heavy atom. The monoisotopic (exact) mass is 449 g/mol. The summed E-state index contributed by atoms with van der Waals surface area (Å²) in [5.74, 6) is 0.679. The van der Waals surface area contributed by atoms with E-state index in [4.69, 9.17) is 9.72 Å². The first-order valence-corrected chi connectivity index (χ1v) is 12.1. The molecule has 2 aliphatic rings. The molecule has 0 aliphatic carbocycles. The molecule has 2 aliphatic heterocycles. The summed E-state index contributed by atoms with van der Waals surface area (Å²) in [5.41, 5.74) is 1.77. The number of aromatic nitrogens is 2. The van der Waals surface area contributed by atoms with Crippen LogP contribution in [-0.4, -0.2) is 64.8 Å². The molecule has 5 rings (SSSR count). The van der Waals surface area contributed by atoms with E-state index in [1.807, 2.05) is 35.7 Å². The minimum absolute atomic E-state index is 0.0141. The summed E-state index contributed by atoms with van der Waals surface area (Å²) < 4.78 is 7.33. The number of nitrogens with zero attached hydrogens (tertiary/aromatic N) is 5.